The number of hydrogen-bond acceptors (Lipinski definition) is 4. The zero-order chi connectivity index (χ0) is 13.7. The predicted octanol–water partition coefficient (Wildman–Crippen LogP) is 0.371. The second-order valence-electron chi connectivity index (χ2n) is 4.42. The maximum atomic E-state index is 12.1. The first-order valence-corrected chi connectivity index (χ1v) is 5.63. The van der Waals surface area contributed by atoms with Gasteiger partial charge < -0.3 is 15.7 Å². The summed E-state index contributed by atoms with van der Waals surface area (Å²) in [4.78, 5) is 28.2. The molecule has 6 nitrogen and oxygen atoms in total. The van der Waals surface area contributed by atoms with Crippen LogP contribution in [0.5, 0.6) is 5.75 Å². The molecule has 18 heavy (non-hydrogen) atoms. The van der Waals surface area contributed by atoms with Crippen LogP contribution in [-0.4, -0.2) is 39.9 Å². The number of primary amides is 1. The number of carbonyl (C=O) groups excluding carboxylic acids is 2. The molecule has 0 aliphatic rings. The molecule has 1 rings (SSSR count). The Labute approximate surface area is 105 Å². The second-order valence-corrected chi connectivity index (χ2v) is 4.42. The Kier molecular flexibility index (Phi) is 4.65. The molecule has 0 saturated carbocycles. The van der Waals surface area contributed by atoms with Crippen molar-refractivity contribution in [1.29, 1.82) is 0 Å². The van der Waals surface area contributed by atoms with Crippen molar-refractivity contribution in [3.63, 3.8) is 0 Å². The van der Waals surface area contributed by atoms with Crippen LogP contribution in [0.1, 0.15) is 24.3 Å². The Bertz CT molecular complexity index is 446. The minimum absolute atomic E-state index is 0.0700. The van der Waals surface area contributed by atoms with E-state index in [1.54, 1.807) is 0 Å². The highest BCUT2D eigenvalue weighted by molar-refractivity contribution is 5.96. The Morgan fingerprint density at radius 1 is 1.50 bits per heavy atom. The molecule has 0 saturated heterocycles. The van der Waals surface area contributed by atoms with Gasteiger partial charge in [0.05, 0.1) is 6.54 Å². The lowest BCUT2D eigenvalue weighted by Crippen LogP contribution is -2.40. The summed E-state index contributed by atoms with van der Waals surface area (Å²) in [6.45, 7) is 4.02. The summed E-state index contributed by atoms with van der Waals surface area (Å²) in [5, 5.41) is 9.57. The number of amides is 2. The molecule has 0 fully saturated rings. The highest BCUT2D eigenvalue weighted by Gasteiger charge is 2.22. The van der Waals surface area contributed by atoms with E-state index in [-0.39, 0.29) is 23.9 Å². The summed E-state index contributed by atoms with van der Waals surface area (Å²) in [6, 6.07) is 2.89. The Morgan fingerprint density at radius 2 is 2.17 bits per heavy atom. The number of aromatic hydroxyl groups is 1. The van der Waals surface area contributed by atoms with Gasteiger partial charge in [0.1, 0.15) is 5.75 Å². The Balaban J connectivity index is 2.95. The molecule has 0 aliphatic carbocycles. The lowest BCUT2D eigenvalue weighted by atomic mass is 10.2. The zero-order valence-electron chi connectivity index (χ0n) is 10.5. The van der Waals surface area contributed by atoms with Crippen molar-refractivity contribution in [2.24, 2.45) is 11.7 Å². The van der Waals surface area contributed by atoms with Gasteiger partial charge in [0, 0.05) is 12.7 Å². The number of hydrogen-bond donors (Lipinski definition) is 2. The third-order valence-electron chi connectivity index (χ3n) is 2.21. The van der Waals surface area contributed by atoms with Crippen molar-refractivity contribution < 1.29 is 14.7 Å². The van der Waals surface area contributed by atoms with Crippen molar-refractivity contribution in [2.45, 2.75) is 13.8 Å². The van der Waals surface area contributed by atoms with Crippen LogP contribution in [0.25, 0.3) is 0 Å². The van der Waals surface area contributed by atoms with Gasteiger partial charge in [0.2, 0.25) is 5.91 Å². The molecule has 0 spiro atoms. The molecule has 0 unspecified atom stereocenters. The number of nitrogens with zero attached hydrogens (tertiary/aromatic N) is 2. The van der Waals surface area contributed by atoms with E-state index >= 15 is 0 Å². The third kappa shape index (κ3) is 3.73. The minimum Gasteiger partial charge on any atom is -0.505 e. The van der Waals surface area contributed by atoms with Crippen molar-refractivity contribution in [2.75, 3.05) is 13.1 Å². The molecule has 1 aromatic heterocycles. The molecule has 1 heterocycles. The van der Waals surface area contributed by atoms with Crippen LogP contribution in [0.15, 0.2) is 18.3 Å². The number of nitrogens with two attached hydrogens (primary N) is 1. The summed E-state index contributed by atoms with van der Waals surface area (Å²) < 4.78 is 0. The average molecular weight is 251 g/mol. The van der Waals surface area contributed by atoms with Gasteiger partial charge in [0.25, 0.3) is 5.91 Å². The van der Waals surface area contributed by atoms with E-state index in [0.29, 0.717) is 6.54 Å². The van der Waals surface area contributed by atoms with Gasteiger partial charge in [-0.3, -0.25) is 9.59 Å². The fourth-order valence-corrected chi connectivity index (χ4v) is 1.56. The predicted molar refractivity (Wildman–Crippen MR) is 65.8 cm³/mol. The molecule has 0 radical (unpaired) electrons. The molecule has 0 aliphatic heterocycles. The summed E-state index contributed by atoms with van der Waals surface area (Å²) in [5.41, 5.74) is 5.04. The molecule has 98 valence electrons. The first kappa shape index (κ1) is 14.0. The smallest absolute Gasteiger partial charge is 0.276 e. The van der Waals surface area contributed by atoms with Crippen LogP contribution in [0.2, 0.25) is 0 Å². The Hall–Kier alpha value is -2.11. The van der Waals surface area contributed by atoms with Crippen molar-refractivity contribution >= 4 is 11.8 Å². The van der Waals surface area contributed by atoms with Gasteiger partial charge in [0.15, 0.2) is 5.69 Å². The van der Waals surface area contributed by atoms with Crippen LogP contribution in [0.3, 0.4) is 0 Å². The standard InChI is InChI=1S/C12H17N3O3/c1-8(2)6-15(7-10(13)17)12(18)11-9(16)4-3-5-14-11/h3-5,8,16H,6-7H2,1-2H3,(H2,13,17). The van der Waals surface area contributed by atoms with Gasteiger partial charge >= 0.3 is 0 Å². The SMILES string of the molecule is CC(C)CN(CC(N)=O)C(=O)c1ncccc1O. The Morgan fingerprint density at radius 3 is 2.67 bits per heavy atom. The molecule has 6 heteroatoms. The lowest BCUT2D eigenvalue weighted by Gasteiger charge is -2.22. The van der Waals surface area contributed by atoms with E-state index in [1.807, 2.05) is 13.8 Å². The van der Waals surface area contributed by atoms with E-state index in [1.165, 1.54) is 23.2 Å². The minimum atomic E-state index is -0.598. The molecule has 0 aromatic carbocycles. The fraction of sp³-hybridized carbons (Fsp3) is 0.417. The molecule has 1 aromatic rings. The second kappa shape index (κ2) is 6.00. The number of pyridine rings is 1. The number of aromatic nitrogens is 1. The van der Waals surface area contributed by atoms with Crippen molar-refractivity contribution in [1.82, 2.24) is 9.88 Å². The summed E-state index contributed by atoms with van der Waals surface area (Å²) in [5.74, 6) is -1.13. The topological polar surface area (TPSA) is 96.5 Å². The van der Waals surface area contributed by atoms with Crippen LogP contribution in [0.4, 0.5) is 0 Å². The average Bonchev–Trinajstić information content (AvgIpc) is 2.26. The third-order valence-corrected chi connectivity index (χ3v) is 2.21. The van der Waals surface area contributed by atoms with Gasteiger partial charge in [-0.25, -0.2) is 4.98 Å². The molecule has 2 amide bonds. The first-order chi connectivity index (χ1) is 8.41. The fourth-order valence-electron chi connectivity index (χ4n) is 1.56. The first-order valence-electron chi connectivity index (χ1n) is 5.63. The highest BCUT2D eigenvalue weighted by Crippen LogP contribution is 2.15. The maximum Gasteiger partial charge on any atom is 0.276 e. The van der Waals surface area contributed by atoms with Crippen LogP contribution in [0, 0.1) is 5.92 Å². The van der Waals surface area contributed by atoms with Gasteiger partial charge in [-0.2, -0.15) is 0 Å². The van der Waals surface area contributed by atoms with Gasteiger partial charge in [-0.15, -0.1) is 0 Å². The van der Waals surface area contributed by atoms with E-state index in [4.69, 9.17) is 5.73 Å². The van der Waals surface area contributed by atoms with Crippen LogP contribution >= 0.6 is 0 Å². The highest BCUT2D eigenvalue weighted by atomic mass is 16.3. The molecule has 0 bridgehead atoms. The summed E-state index contributed by atoms with van der Waals surface area (Å²) >= 11 is 0. The number of rotatable bonds is 5. The molecular formula is C12H17N3O3. The van der Waals surface area contributed by atoms with Gasteiger partial charge in [-0.1, -0.05) is 13.8 Å². The number of carbonyl (C=O) groups is 2. The maximum absolute atomic E-state index is 12.1. The van der Waals surface area contributed by atoms with Crippen LogP contribution < -0.4 is 5.73 Å². The normalized spacial score (nSPS) is 10.4. The van der Waals surface area contributed by atoms with Gasteiger partial charge in [-0.05, 0) is 18.1 Å². The van der Waals surface area contributed by atoms with Crippen LogP contribution in [-0.2, 0) is 4.79 Å². The van der Waals surface area contributed by atoms with E-state index < -0.39 is 11.8 Å². The molecular weight excluding hydrogens is 234 g/mol. The zero-order valence-corrected chi connectivity index (χ0v) is 10.5. The molecule has 0 atom stereocenters. The largest absolute Gasteiger partial charge is 0.505 e. The lowest BCUT2D eigenvalue weighted by molar-refractivity contribution is -0.118. The van der Waals surface area contributed by atoms with E-state index in [9.17, 15) is 14.7 Å². The van der Waals surface area contributed by atoms with Crippen molar-refractivity contribution in [3.8, 4) is 5.75 Å². The molecule has 3 N–H and O–H groups in total. The summed E-state index contributed by atoms with van der Waals surface area (Å²) in [6.07, 6.45) is 1.41. The summed E-state index contributed by atoms with van der Waals surface area (Å²) in [7, 11) is 0. The van der Waals surface area contributed by atoms with E-state index in [2.05, 4.69) is 4.98 Å². The van der Waals surface area contributed by atoms with Crippen molar-refractivity contribution in [3.05, 3.63) is 24.0 Å². The monoisotopic (exact) mass is 251 g/mol. The van der Waals surface area contributed by atoms with E-state index in [0.717, 1.165) is 0 Å². The quantitative estimate of drug-likeness (QED) is 0.790.